The predicted molar refractivity (Wildman–Crippen MR) is 137 cm³/mol. The van der Waals surface area contributed by atoms with Crippen LogP contribution in [0.4, 0.5) is 17.1 Å². The molecule has 3 aromatic rings. The molecule has 1 aliphatic rings. The van der Waals surface area contributed by atoms with Crippen LogP contribution in [0, 0.1) is 0 Å². The van der Waals surface area contributed by atoms with Crippen molar-refractivity contribution in [1.29, 1.82) is 0 Å². The average Bonchev–Trinajstić information content (AvgIpc) is 3.08. The van der Waals surface area contributed by atoms with Crippen LogP contribution >= 0.6 is 11.6 Å². The molecule has 0 fully saturated rings. The molecule has 0 saturated carbocycles. The van der Waals surface area contributed by atoms with Crippen molar-refractivity contribution in [2.45, 2.75) is 20.3 Å². The van der Waals surface area contributed by atoms with E-state index in [4.69, 9.17) is 16.3 Å². The molecule has 3 aromatic carbocycles. The largest absolute Gasteiger partial charge is 0.494 e. The molecule has 4 rings (SSSR count). The molecule has 1 heterocycles. The van der Waals surface area contributed by atoms with Gasteiger partial charge in [0.15, 0.2) is 0 Å². The molecule has 1 aliphatic heterocycles. The number of hydrogen-bond donors (Lipinski definition) is 2. The van der Waals surface area contributed by atoms with Crippen LogP contribution in [0.1, 0.15) is 29.8 Å². The van der Waals surface area contributed by atoms with E-state index in [1.807, 2.05) is 38.1 Å². The number of hydrogen-bond acceptors (Lipinski definition) is 5. The maximum absolute atomic E-state index is 13.1. The molecule has 7 nitrogen and oxygen atoms in total. The van der Waals surface area contributed by atoms with Gasteiger partial charge in [-0.05, 0) is 67.4 Å². The summed E-state index contributed by atoms with van der Waals surface area (Å²) in [5.74, 6) is -0.881. The van der Waals surface area contributed by atoms with Crippen LogP contribution in [-0.4, -0.2) is 24.3 Å². The second-order valence-corrected chi connectivity index (χ2v) is 8.11. The van der Waals surface area contributed by atoms with Gasteiger partial charge in [-0.2, -0.15) is 0 Å². The lowest BCUT2D eigenvalue weighted by atomic mass is 10.1. The number of nitrogens with zero attached hydrogens (tertiary/aromatic N) is 1. The third-order valence-electron chi connectivity index (χ3n) is 5.47. The minimum atomic E-state index is -0.631. The topological polar surface area (TPSA) is 87.7 Å². The molecule has 0 saturated heterocycles. The van der Waals surface area contributed by atoms with E-state index in [1.54, 1.807) is 48.5 Å². The molecule has 0 spiro atoms. The first kappa shape index (κ1) is 24.0. The van der Waals surface area contributed by atoms with Crippen LogP contribution in [0.5, 0.6) is 5.75 Å². The average molecular weight is 490 g/mol. The van der Waals surface area contributed by atoms with Crippen molar-refractivity contribution in [3.63, 3.8) is 0 Å². The molecule has 35 heavy (non-hydrogen) atoms. The van der Waals surface area contributed by atoms with Gasteiger partial charge in [-0.1, -0.05) is 42.8 Å². The number of halogens is 1. The number of rotatable bonds is 8. The molecule has 0 aromatic heterocycles. The first-order valence-corrected chi connectivity index (χ1v) is 11.6. The van der Waals surface area contributed by atoms with Crippen molar-refractivity contribution < 1.29 is 19.1 Å². The Hall–Kier alpha value is -4.10. The molecular weight excluding hydrogens is 466 g/mol. The number of para-hydroxylation sites is 1. The standard InChI is InChI=1S/C27H24ClN3O4/c1-3-17-8-5-6-11-22(17)30-25(32)18-9-7-10-19(16-18)29-24-23(28)26(33)31(27(24)34)20-12-14-21(15-13-20)35-4-2/h5-16,29H,3-4H2,1-2H3,(H,30,32). The predicted octanol–water partition coefficient (Wildman–Crippen LogP) is 5.34. The molecule has 0 aliphatic carbocycles. The Morgan fingerprint density at radius 1 is 0.943 bits per heavy atom. The molecule has 0 bridgehead atoms. The smallest absolute Gasteiger partial charge is 0.283 e. The quantitative estimate of drug-likeness (QED) is 0.417. The number of benzene rings is 3. The van der Waals surface area contributed by atoms with Crippen molar-refractivity contribution in [2.24, 2.45) is 0 Å². The van der Waals surface area contributed by atoms with E-state index in [-0.39, 0.29) is 16.6 Å². The normalized spacial score (nSPS) is 13.3. The van der Waals surface area contributed by atoms with Crippen LogP contribution in [0.3, 0.4) is 0 Å². The summed E-state index contributed by atoms with van der Waals surface area (Å²) in [7, 11) is 0. The fourth-order valence-corrected chi connectivity index (χ4v) is 3.94. The zero-order chi connectivity index (χ0) is 24.9. The van der Waals surface area contributed by atoms with Gasteiger partial charge in [0.2, 0.25) is 0 Å². The van der Waals surface area contributed by atoms with E-state index in [9.17, 15) is 14.4 Å². The summed E-state index contributed by atoms with van der Waals surface area (Å²) in [5.41, 5.74) is 2.92. The maximum Gasteiger partial charge on any atom is 0.283 e. The Kier molecular flexibility index (Phi) is 7.17. The van der Waals surface area contributed by atoms with Gasteiger partial charge >= 0.3 is 0 Å². The highest BCUT2D eigenvalue weighted by atomic mass is 35.5. The van der Waals surface area contributed by atoms with Crippen LogP contribution in [0.2, 0.25) is 0 Å². The third kappa shape index (κ3) is 5.05. The van der Waals surface area contributed by atoms with Crippen LogP contribution < -0.4 is 20.3 Å². The van der Waals surface area contributed by atoms with Crippen LogP contribution in [-0.2, 0) is 16.0 Å². The summed E-state index contributed by atoms with van der Waals surface area (Å²) < 4.78 is 5.41. The number of aryl methyl sites for hydroxylation is 1. The second-order valence-electron chi connectivity index (χ2n) is 7.73. The van der Waals surface area contributed by atoms with E-state index < -0.39 is 11.8 Å². The SMILES string of the molecule is CCOc1ccc(N2C(=O)C(Cl)=C(Nc3cccc(C(=O)Nc4ccccc4CC)c3)C2=O)cc1. The summed E-state index contributed by atoms with van der Waals surface area (Å²) in [6, 6.07) is 20.8. The molecule has 8 heteroatoms. The van der Waals surface area contributed by atoms with Crippen molar-refractivity contribution >= 4 is 46.4 Å². The van der Waals surface area contributed by atoms with Crippen molar-refractivity contribution in [3.05, 3.63) is 94.7 Å². The zero-order valence-corrected chi connectivity index (χ0v) is 20.1. The minimum absolute atomic E-state index is 0.0561. The summed E-state index contributed by atoms with van der Waals surface area (Å²) >= 11 is 6.24. The molecule has 0 atom stereocenters. The molecule has 2 N–H and O–H groups in total. The Balaban J connectivity index is 1.52. The molecule has 0 radical (unpaired) electrons. The van der Waals surface area contributed by atoms with Gasteiger partial charge in [0.05, 0.1) is 12.3 Å². The second kappa shape index (κ2) is 10.4. The highest BCUT2D eigenvalue weighted by Crippen LogP contribution is 2.31. The fraction of sp³-hybridized carbons (Fsp3) is 0.148. The van der Waals surface area contributed by atoms with Gasteiger partial charge in [-0.25, -0.2) is 4.90 Å². The Bertz CT molecular complexity index is 1320. The highest BCUT2D eigenvalue weighted by molar-refractivity contribution is 6.53. The number of carbonyl (C=O) groups is 3. The van der Waals surface area contributed by atoms with Gasteiger partial charge < -0.3 is 15.4 Å². The lowest BCUT2D eigenvalue weighted by Gasteiger charge is -2.16. The number of ether oxygens (including phenoxy) is 1. The molecule has 178 valence electrons. The Labute approximate surface area is 208 Å². The third-order valence-corrected chi connectivity index (χ3v) is 5.82. The lowest BCUT2D eigenvalue weighted by molar-refractivity contribution is -0.120. The summed E-state index contributed by atoms with van der Waals surface area (Å²) in [6.45, 7) is 4.39. The molecular formula is C27H24ClN3O4. The van der Waals surface area contributed by atoms with E-state index in [0.29, 0.717) is 29.3 Å². The highest BCUT2D eigenvalue weighted by Gasteiger charge is 2.39. The van der Waals surface area contributed by atoms with Crippen molar-refractivity contribution in [1.82, 2.24) is 0 Å². The number of nitrogens with one attached hydrogen (secondary N) is 2. The summed E-state index contributed by atoms with van der Waals surface area (Å²) in [6.07, 6.45) is 0.783. The molecule has 3 amide bonds. The number of imide groups is 1. The van der Waals surface area contributed by atoms with E-state index in [0.717, 1.165) is 22.6 Å². The zero-order valence-electron chi connectivity index (χ0n) is 19.3. The first-order valence-electron chi connectivity index (χ1n) is 11.2. The van der Waals surface area contributed by atoms with Gasteiger partial charge in [-0.15, -0.1) is 0 Å². The number of carbonyl (C=O) groups excluding carboxylic acids is 3. The van der Waals surface area contributed by atoms with E-state index in [2.05, 4.69) is 10.6 Å². The minimum Gasteiger partial charge on any atom is -0.494 e. The summed E-state index contributed by atoms with van der Waals surface area (Å²) in [5, 5.41) is 5.61. The van der Waals surface area contributed by atoms with E-state index >= 15 is 0 Å². The Morgan fingerprint density at radius 3 is 2.40 bits per heavy atom. The summed E-state index contributed by atoms with van der Waals surface area (Å²) in [4.78, 5) is 39.7. The number of amides is 3. The Morgan fingerprint density at radius 2 is 1.69 bits per heavy atom. The van der Waals surface area contributed by atoms with Gasteiger partial charge in [0, 0.05) is 16.9 Å². The maximum atomic E-state index is 13.1. The first-order chi connectivity index (χ1) is 16.9. The fourth-order valence-electron chi connectivity index (χ4n) is 3.73. The van der Waals surface area contributed by atoms with E-state index in [1.165, 1.54) is 0 Å². The lowest BCUT2D eigenvalue weighted by Crippen LogP contribution is -2.32. The molecule has 0 unspecified atom stereocenters. The monoisotopic (exact) mass is 489 g/mol. The van der Waals surface area contributed by atoms with Crippen LogP contribution in [0.15, 0.2) is 83.5 Å². The van der Waals surface area contributed by atoms with Crippen molar-refractivity contribution in [2.75, 3.05) is 22.1 Å². The van der Waals surface area contributed by atoms with Crippen LogP contribution in [0.25, 0.3) is 0 Å². The van der Waals surface area contributed by atoms with Crippen molar-refractivity contribution in [3.8, 4) is 5.75 Å². The van der Waals surface area contributed by atoms with Gasteiger partial charge in [-0.3, -0.25) is 14.4 Å². The van der Waals surface area contributed by atoms with Gasteiger partial charge in [0.25, 0.3) is 17.7 Å². The van der Waals surface area contributed by atoms with Gasteiger partial charge in [0.1, 0.15) is 16.5 Å². The number of anilines is 3.